The predicted octanol–water partition coefficient (Wildman–Crippen LogP) is 3.29. The number of hydrogen-bond acceptors (Lipinski definition) is 5. The van der Waals surface area contributed by atoms with Crippen LogP contribution in [-0.2, 0) is 11.2 Å². The lowest BCUT2D eigenvalue weighted by Crippen LogP contribution is -2.25. The summed E-state index contributed by atoms with van der Waals surface area (Å²) >= 11 is 0. The van der Waals surface area contributed by atoms with Crippen LogP contribution in [0.3, 0.4) is 0 Å². The van der Waals surface area contributed by atoms with E-state index in [0.717, 1.165) is 22.9 Å². The molecule has 7 nitrogen and oxygen atoms in total. The van der Waals surface area contributed by atoms with Crippen LogP contribution in [0.25, 0.3) is 6.08 Å². The molecule has 0 aliphatic rings. The molecule has 0 atom stereocenters. The second-order valence-electron chi connectivity index (χ2n) is 6.20. The lowest BCUT2D eigenvalue weighted by Gasteiger charge is -2.08. The number of rotatable bonds is 8. The van der Waals surface area contributed by atoms with E-state index >= 15 is 0 Å². The van der Waals surface area contributed by atoms with Crippen LogP contribution >= 0.6 is 0 Å². The Bertz CT molecular complexity index is 1020. The van der Waals surface area contributed by atoms with Crippen molar-refractivity contribution in [2.45, 2.75) is 6.42 Å². The fourth-order valence-electron chi connectivity index (χ4n) is 2.67. The fraction of sp³-hybridized carbons (Fsp3) is 0.0909. The summed E-state index contributed by atoms with van der Waals surface area (Å²) in [7, 11) is 0. The molecule has 0 bridgehead atoms. The summed E-state index contributed by atoms with van der Waals surface area (Å²) in [5, 5.41) is 14.7. The van der Waals surface area contributed by atoms with Crippen LogP contribution in [0, 0.1) is 0 Å². The summed E-state index contributed by atoms with van der Waals surface area (Å²) in [4.78, 5) is 31.3. The number of nitrogens with one attached hydrogen (secondary N) is 2. The Morgan fingerprint density at radius 1 is 1.00 bits per heavy atom. The van der Waals surface area contributed by atoms with Gasteiger partial charge in [0.2, 0.25) is 5.95 Å². The van der Waals surface area contributed by atoms with Crippen molar-refractivity contribution in [1.29, 1.82) is 0 Å². The SMILES string of the molecule is O=C(O)C=Cc1cccc(CCNC(=O)c2cccc(Nc3ncccn3)c2)c1. The summed E-state index contributed by atoms with van der Waals surface area (Å²) in [6.07, 6.45) is 6.55. The molecule has 0 fully saturated rings. The monoisotopic (exact) mass is 388 g/mol. The van der Waals surface area contributed by atoms with Crippen LogP contribution < -0.4 is 10.6 Å². The Balaban J connectivity index is 1.55. The minimum Gasteiger partial charge on any atom is -0.478 e. The molecule has 0 spiro atoms. The van der Waals surface area contributed by atoms with E-state index < -0.39 is 5.97 Å². The number of nitrogens with zero attached hydrogens (tertiary/aromatic N) is 2. The van der Waals surface area contributed by atoms with Crippen LogP contribution in [0.4, 0.5) is 11.6 Å². The van der Waals surface area contributed by atoms with Crippen LogP contribution in [0.5, 0.6) is 0 Å². The minimum absolute atomic E-state index is 0.176. The normalized spacial score (nSPS) is 10.6. The summed E-state index contributed by atoms with van der Waals surface area (Å²) < 4.78 is 0. The minimum atomic E-state index is -0.988. The third-order valence-corrected chi connectivity index (χ3v) is 4.02. The van der Waals surface area contributed by atoms with E-state index in [1.807, 2.05) is 30.3 Å². The quantitative estimate of drug-likeness (QED) is 0.512. The zero-order valence-corrected chi connectivity index (χ0v) is 15.6. The molecular weight excluding hydrogens is 368 g/mol. The average molecular weight is 388 g/mol. The van der Waals surface area contributed by atoms with Crippen molar-refractivity contribution in [3.05, 3.63) is 89.8 Å². The van der Waals surface area contributed by atoms with E-state index in [9.17, 15) is 9.59 Å². The largest absolute Gasteiger partial charge is 0.478 e. The van der Waals surface area contributed by atoms with Crippen LogP contribution in [-0.4, -0.2) is 33.5 Å². The molecule has 0 aliphatic carbocycles. The Morgan fingerprint density at radius 2 is 1.79 bits per heavy atom. The molecule has 1 amide bonds. The molecule has 7 heteroatoms. The molecule has 0 unspecified atom stereocenters. The number of carboxylic acid groups (broad SMARTS) is 1. The van der Waals surface area contributed by atoms with Crippen molar-refractivity contribution < 1.29 is 14.7 Å². The summed E-state index contributed by atoms with van der Waals surface area (Å²) in [6, 6.07) is 16.4. The highest BCUT2D eigenvalue weighted by Crippen LogP contribution is 2.14. The average Bonchev–Trinajstić information content (AvgIpc) is 2.73. The van der Waals surface area contributed by atoms with Gasteiger partial charge in [-0.1, -0.05) is 30.3 Å². The summed E-state index contributed by atoms with van der Waals surface area (Å²) in [5.74, 6) is -0.704. The van der Waals surface area contributed by atoms with E-state index in [0.29, 0.717) is 24.5 Å². The van der Waals surface area contributed by atoms with E-state index in [4.69, 9.17) is 5.11 Å². The number of benzene rings is 2. The first kappa shape index (κ1) is 19.8. The first-order valence-electron chi connectivity index (χ1n) is 9.02. The number of carbonyl (C=O) groups excluding carboxylic acids is 1. The van der Waals surface area contributed by atoms with Crippen molar-refractivity contribution in [3.8, 4) is 0 Å². The maximum atomic E-state index is 12.4. The first-order chi connectivity index (χ1) is 14.1. The van der Waals surface area contributed by atoms with Gasteiger partial charge in [-0.05, 0) is 47.9 Å². The maximum absolute atomic E-state index is 12.4. The van der Waals surface area contributed by atoms with Gasteiger partial charge in [0.15, 0.2) is 0 Å². The van der Waals surface area contributed by atoms with Gasteiger partial charge in [0.25, 0.3) is 5.91 Å². The molecule has 3 N–H and O–H groups in total. The van der Waals surface area contributed by atoms with Crippen LogP contribution in [0.1, 0.15) is 21.5 Å². The second-order valence-corrected chi connectivity index (χ2v) is 6.20. The molecule has 3 rings (SSSR count). The van der Waals surface area contributed by atoms with E-state index in [-0.39, 0.29) is 5.91 Å². The number of amides is 1. The molecule has 0 saturated carbocycles. The highest BCUT2D eigenvalue weighted by molar-refractivity contribution is 5.95. The van der Waals surface area contributed by atoms with Gasteiger partial charge >= 0.3 is 5.97 Å². The maximum Gasteiger partial charge on any atom is 0.328 e. The van der Waals surface area contributed by atoms with Crippen LogP contribution in [0.2, 0.25) is 0 Å². The lowest BCUT2D eigenvalue weighted by atomic mass is 10.1. The van der Waals surface area contributed by atoms with Gasteiger partial charge in [0, 0.05) is 36.3 Å². The first-order valence-corrected chi connectivity index (χ1v) is 9.02. The molecule has 2 aromatic carbocycles. The van der Waals surface area contributed by atoms with Crippen molar-refractivity contribution in [3.63, 3.8) is 0 Å². The Kier molecular flexibility index (Phi) is 6.67. The van der Waals surface area contributed by atoms with E-state index in [1.165, 1.54) is 0 Å². The van der Waals surface area contributed by atoms with Gasteiger partial charge in [-0.15, -0.1) is 0 Å². The highest BCUT2D eigenvalue weighted by atomic mass is 16.4. The number of hydrogen-bond donors (Lipinski definition) is 3. The van der Waals surface area contributed by atoms with Crippen molar-refractivity contribution >= 4 is 29.6 Å². The highest BCUT2D eigenvalue weighted by Gasteiger charge is 2.07. The summed E-state index contributed by atoms with van der Waals surface area (Å²) in [6.45, 7) is 0.463. The van der Waals surface area contributed by atoms with Gasteiger partial charge in [-0.2, -0.15) is 0 Å². The van der Waals surface area contributed by atoms with Gasteiger partial charge in [-0.25, -0.2) is 14.8 Å². The number of anilines is 2. The smallest absolute Gasteiger partial charge is 0.328 e. The molecule has 29 heavy (non-hydrogen) atoms. The van der Waals surface area contributed by atoms with E-state index in [2.05, 4.69) is 20.6 Å². The van der Waals surface area contributed by atoms with E-state index in [1.54, 1.807) is 42.7 Å². The molecular formula is C22H20N4O3. The van der Waals surface area contributed by atoms with Gasteiger partial charge < -0.3 is 15.7 Å². The zero-order valence-electron chi connectivity index (χ0n) is 15.6. The number of aromatic nitrogens is 2. The van der Waals surface area contributed by atoms with Crippen molar-refractivity contribution in [1.82, 2.24) is 15.3 Å². The van der Waals surface area contributed by atoms with Crippen molar-refractivity contribution in [2.75, 3.05) is 11.9 Å². The molecule has 3 aromatic rings. The topological polar surface area (TPSA) is 104 Å². The third kappa shape index (κ3) is 6.28. The predicted molar refractivity (Wildman–Crippen MR) is 111 cm³/mol. The van der Waals surface area contributed by atoms with Gasteiger partial charge in [-0.3, -0.25) is 4.79 Å². The molecule has 1 aromatic heterocycles. The standard InChI is InChI=1S/C22H20N4O3/c27-20(28)9-8-16-4-1-5-17(14-16)10-13-23-21(29)18-6-2-7-19(15-18)26-22-24-11-3-12-25-22/h1-9,11-12,14-15H,10,13H2,(H,23,29)(H,27,28)(H,24,25,26). The number of carbonyl (C=O) groups is 2. The molecule has 1 heterocycles. The Labute approximate surface area is 168 Å². The summed E-state index contributed by atoms with van der Waals surface area (Å²) in [5.41, 5.74) is 3.07. The molecule has 0 aliphatic heterocycles. The lowest BCUT2D eigenvalue weighted by molar-refractivity contribution is -0.131. The van der Waals surface area contributed by atoms with Crippen molar-refractivity contribution in [2.24, 2.45) is 0 Å². The number of carboxylic acids is 1. The third-order valence-electron chi connectivity index (χ3n) is 4.02. The van der Waals surface area contributed by atoms with Crippen LogP contribution in [0.15, 0.2) is 73.1 Å². The van der Waals surface area contributed by atoms with Gasteiger partial charge in [0.05, 0.1) is 0 Å². The molecule has 0 radical (unpaired) electrons. The Hall–Kier alpha value is -4.00. The van der Waals surface area contributed by atoms with Gasteiger partial charge in [0.1, 0.15) is 0 Å². The molecule has 146 valence electrons. The number of aliphatic carboxylic acids is 1. The zero-order chi connectivity index (χ0) is 20.5. The second kappa shape index (κ2) is 9.80. The Morgan fingerprint density at radius 3 is 2.59 bits per heavy atom. The fourth-order valence-corrected chi connectivity index (χ4v) is 2.67. The molecule has 0 saturated heterocycles.